The Labute approximate surface area is 111 Å². The van der Waals surface area contributed by atoms with Gasteiger partial charge in [-0.15, -0.1) is 5.10 Å². The summed E-state index contributed by atoms with van der Waals surface area (Å²) >= 11 is 1.01. The molecule has 0 bridgehead atoms. The summed E-state index contributed by atoms with van der Waals surface area (Å²) in [7, 11) is 3.21. The summed E-state index contributed by atoms with van der Waals surface area (Å²) < 4.78 is 1.07. The van der Waals surface area contributed by atoms with Gasteiger partial charge >= 0.3 is 6.03 Å². The summed E-state index contributed by atoms with van der Waals surface area (Å²) in [6.07, 6.45) is 1.65. The van der Waals surface area contributed by atoms with Gasteiger partial charge in [0.2, 0.25) is 5.82 Å². The topological polar surface area (TPSA) is 68.1 Å². The van der Waals surface area contributed by atoms with E-state index in [-0.39, 0.29) is 22.4 Å². The van der Waals surface area contributed by atoms with Crippen molar-refractivity contribution >= 4 is 22.9 Å². The van der Waals surface area contributed by atoms with Gasteiger partial charge in [-0.3, -0.25) is 4.79 Å². The number of nitrogens with zero attached hydrogens (tertiary/aromatic N) is 4. The highest BCUT2D eigenvalue weighted by molar-refractivity contribution is 8.13. The van der Waals surface area contributed by atoms with Crippen LogP contribution < -0.4 is 0 Å². The Morgan fingerprint density at radius 3 is 2.22 bits per heavy atom. The molecule has 0 aliphatic carbocycles. The first-order valence-electron chi connectivity index (χ1n) is 5.46. The van der Waals surface area contributed by atoms with Crippen molar-refractivity contribution in [1.29, 1.82) is 0 Å². The van der Waals surface area contributed by atoms with E-state index in [2.05, 4.69) is 10.1 Å². The number of hydrogen-bond acceptors (Lipinski definition) is 5. The van der Waals surface area contributed by atoms with Crippen LogP contribution in [0.15, 0.2) is 0 Å². The number of rotatable bonds is 1. The SMILES string of the molecule is CSC(=O)c1nc(C(C)(C)C)nn1C(=O)N(C)C. The lowest BCUT2D eigenvalue weighted by Crippen LogP contribution is -2.30. The third-order valence-electron chi connectivity index (χ3n) is 2.21. The van der Waals surface area contributed by atoms with Gasteiger partial charge in [-0.1, -0.05) is 32.5 Å². The minimum absolute atomic E-state index is 0.0751. The zero-order valence-corrected chi connectivity index (χ0v) is 12.3. The molecular formula is C11H18N4O2S. The minimum atomic E-state index is -0.379. The molecule has 0 saturated carbocycles. The van der Waals surface area contributed by atoms with Gasteiger partial charge in [0.05, 0.1) is 0 Å². The van der Waals surface area contributed by atoms with Crippen molar-refractivity contribution in [2.24, 2.45) is 0 Å². The molecule has 1 aromatic heterocycles. The Hall–Kier alpha value is -1.37. The Kier molecular flexibility index (Phi) is 4.16. The molecule has 0 fully saturated rings. The van der Waals surface area contributed by atoms with E-state index >= 15 is 0 Å². The Morgan fingerprint density at radius 1 is 1.28 bits per heavy atom. The van der Waals surface area contributed by atoms with Crippen LogP contribution in [0.1, 0.15) is 37.2 Å². The number of carbonyl (C=O) groups excluding carboxylic acids is 2. The van der Waals surface area contributed by atoms with E-state index in [1.165, 1.54) is 4.90 Å². The molecule has 1 aromatic rings. The second kappa shape index (κ2) is 5.09. The summed E-state index contributed by atoms with van der Waals surface area (Å²) in [5, 5.41) is 3.88. The third-order valence-corrected chi connectivity index (χ3v) is 2.76. The van der Waals surface area contributed by atoms with Crippen LogP contribution in [-0.4, -0.2) is 51.2 Å². The zero-order chi connectivity index (χ0) is 14.1. The molecule has 0 aliphatic rings. The highest BCUT2D eigenvalue weighted by Crippen LogP contribution is 2.20. The van der Waals surface area contributed by atoms with E-state index in [0.717, 1.165) is 16.4 Å². The maximum absolute atomic E-state index is 12.0. The van der Waals surface area contributed by atoms with Crippen LogP contribution >= 0.6 is 11.8 Å². The normalized spacial score (nSPS) is 11.4. The van der Waals surface area contributed by atoms with Gasteiger partial charge in [0.1, 0.15) is 0 Å². The number of carbonyl (C=O) groups is 2. The molecular weight excluding hydrogens is 252 g/mol. The first kappa shape index (κ1) is 14.7. The van der Waals surface area contributed by atoms with Crippen molar-refractivity contribution in [2.75, 3.05) is 20.4 Å². The van der Waals surface area contributed by atoms with E-state index in [1.807, 2.05) is 20.8 Å². The van der Waals surface area contributed by atoms with Gasteiger partial charge in [0, 0.05) is 19.5 Å². The van der Waals surface area contributed by atoms with Crippen LogP contribution in [0, 0.1) is 0 Å². The summed E-state index contributed by atoms with van der Waals surface area (Å²) in [5.74, 6) is 0.557. The second-order valence-corrected chi connectivity index (χ2v) is 5.87. The Bertz CT molecular complexity index is 474. The van der Waals surface area contributed by atoms with Crippen LogP contribution in [0.25, 0.3) is 0 Å². The van der Waals surface area contributed by atoms with Crippen molar-refractivity contribution in [3.63, 3.8) is 0 Å². The summed E-state index contributed by atoms with van der Waals surface area (Å²) in [4.78, 5) is 29.3. The van der Waals surface area contributed by atoms with E-state index in [4.69, 9.17) is 0 Å². The predicted molar refractivity (Wildman–Crippen MR) is 71.0 cm³/mol. The summed E-state index contributed by atoms with van der Waals surface area (Å²) in [5.41, 5.74) is -0.314. The third kappa shape index (κ3) is 2.90. The molecule has 18 heavy (non-hydrogen) atoms. The molecule has 0 N–H and O–H groups in total. The Morgan fingerprint density at radius 2 is 1.83 bits per heavy atom. The standard InChI is InChI=1S/C11H18N4O2S/c1-11(2,3)9-12-7(8(16)18-6)15(13-9)10(17)14(4)5/h1-6H3. The van der Waals surface area contributed by atoms with Gasteiger partial charge in [0.25, 0.3) is 5.12 Å². The van der Waals surface area contributed by atoms with Gasteiger partial charge in [0.15, 0.2) is 5.82 Å². The lowest BCUT2D eigenvalue weighted by atomic mass is 9.96. The monoisotopic (exact) mass is 270 g/mol. The van der Waals surface area contributed by atoms with Crippen LogP contribution in [0.3, 0.4) is 0 Å². The molecule has 6 nitrogen and oxygen atoms in total. The molecule has 0 spiro atoms. The second-order valence-electron chi connectivity index (χ2n) is 5.09. The highest BCUT2D eigenvalue weighted by atomic mass is 32.2. The quantitative estimate of drug-likeness (QED) is 0.775. The van der Waals surface area contributed by atoms with Crippen molar-refractivity contribution in [3.8, 4) is 0 Å². The smallest absolute Gasteiger partial charge is 0.329 e. The average Bonchev–Trinajstić information content (AvgIpc) is 2.71. The molecule has 0 radical (unpaired) electrons. The molecule has 7 heteroatoms. The van der Waals surface area contributed by atoms with Crippen LogP contribution in [0.5, 0.6) is 0 Å². The lowest BCUT2D eigenvalue weighted by molar-refractivity contribution is 0.107. The van der Waals surface area contributed by atoms with Gasteiger partial charge in [-0.25, -0.2) is 9.78 Å². The number of aromatic nitrogens is 3. The van der Waals surface area contributed by atoms with E-state index in [9.17, 15) is 9.59 Å². The minimum Gasteiger partial charge on any atom is -0.329 e. The molecule has 0 unspecified atom stereocenters. The Balaban J connectivity index is 3.35. The summed E-state index contributed by atoms with van der Waals surface area (Å²) in [6, 6.07) is -0.379. The predicted octanol–water partition coefficient (Wildman–Crippen LogP) is 1.61. The molecule has 1 rings (SSSR count). The van der Waals surface area contributed by atoms with Gasteiger partial charge in [-0.05, 0) is 6.26 Å². The molecule has 100 valence electrons. The van der Waals surface area contributed by atoms with Crippen LogP contribution in [0.4, 0.5) is 4.79 Å². The average molecular weight is 270 g/mol. The molecule has 0 atom stereocenters. The van der Waals surface area contributed by atoms with E-state index in [0.29, 0.717) is 5.82 Å². The molecule has 0 aliphatic heterocycles. The number of hydrogen-bond donors (Lipinski definition) is 0. The highest BCUT2D eigenvalue weighted by Gasteiger charge is 2.27. The zero-order valence-electron chi connectivity index (χ0n) is 11.5. The van der Waals surface area contributed by atoms with Crippen molar-refractivity contribution in [2.45, 2.75) is 26.2 Å². The van der Waals surface area contributed by atoms with Crippen molar-refractivity contribution < 1.29 is 9.59 Å². The largest absolute Gasteiger partial charge is 0.346 e. The first-order valence-corrected chi connectivity index (χ1v) is 6.68. The van der Waals surface area contributed by atoms with E-state index in [1.54, 1.807) is 20.4 Å². The van der Waals surface area contributed by atoms with Gasteiger partial charge < -0.3 is 4.90 Å². The van der Waals surface area contributed by atoms with Crippen molar-refractivity contribution in [3.05, 3.63) is 11.6 Å². The molecule has 1 heterocycles. The van der Waals surface area contributed by atoms with Crippen molar-refractivity contribution in [1.82, 2.24) is 19.7 Å². The molecule has 1 amide bonds. The summed E-state index contributed by atoms with van der Waals surface area (Å²) in [6.45, 7) is 5.79. The van der Waals surface area contributed by atoms with Gasteiger partial charge in [-0.2, -0.15) is 4.68 Å². The van der Waals surface area contributed by atoms with Crippen LogP contribution in [0.2, 0.25) is 0 Å². The lowest BCUT2D eigenvalue weighted by Gasteiger charge is -2.13. The maximum atomic E-state index is 12.0. The van der Waals surface area contributed by atoms with E-state index < -0.39 is 0 Å². The molecule has 0 aromatic carbocycles. The first-order chi connectivity index (χ1) is 8.18. The molecule has 0 saturated heterocycles. The van der Waals surface area contributed by atoms with Crippen LogP contribution in [-0.2, 0) is 5.41 Å². The maximum Gasteiger partial charge on any atom is 0.346 e. The fourth-order valence-corrected chi connectivity index (χ4v) is 1.49. The number of thioether (sulfide) groups is 1. The number of amides is 1. The fraction of sp³-hybridized carbons (Fsp3) is 0.636. The fourth-order valence-electron chi connectivity index (χ4n) is 1.18.